The Labute approximate surface area is 88.8 Å². The van der Waals surface area contributed by atoms with Crippen LogP contribution in [0.3, 0.4) is 0 Å². The molecule has 2 unspecified atom stereocenters. The summed E-state index contributed by atoms with van der Waals surface area (Å²) in [6.45, 7) is 4.45. The second-order valence-electron chi connectivity index (χ2n) is 3.50. The molecule has 0 radical (unpaired) electrons. The van der Waals surface area contributed by atoms with E-state index in [4.69, 9.17) is 9.47 Å². The van der Waals surface area contributed by atoms with Crippen molar-refractivity contribution in [2.45, 2.75) is 19.1 Å². The minimum absolute atomic E-state index is 0.0190. The monoisotopic (exact) mass is 209 g/mol. The SMILES string of the molecule is CC(Oc1cccnn1)C1CNCCO1. The first kappa shape index (κ1) is 10.3. The van der Waals surface area contributed by atoms with Crippen molar-refractivity contribution in [3.8, 4) is 5.88 Å². The van der Waals surface area contributed by atoms with Gasteiger partial charge in [-0.1, -0.05) is 0 Å². The number of hydrogen-bond acceptors (Lipinski definition) is 5. The van der Waals surface area contributed by atoms with E-state index in [1.54, 1.807) is 18.3 Å². The van der Waals surface area contributed by atoms with E-state index < -0.39 is 0 Å². The van der Waals surface area contributed by atoms with Crippen molar-refractivity contribution in [2.75, 3.05) is 19.7 Å². The molecule has 0 spiro atoms. The number of hydrogen-bond donors (Lipinski definition) is 1. The fourth-order valence-corrected chi connectivity index (χ4v) is 1.50. The van der Waals surface area contributed by atoms with Crippen LogP contribution in [0.2, 0.25) is 0 Å². The summed E-state index contributed by atoms with van der Waals surface area (Å²) >= 11 is 0. The third-order valence-corrected chi connectivity index (χ3v) is 2.33. The minimum atomic E-state index is -0.0190. The topological polar surface area (TPSA) is 56.3 Å². The number of morpholine rings is 1. The van der Waals surface area contributed by atoms with Gasteiger partial charge in [0.2, 0.25) is 5.88 Å². The van der Waals surface area contributed by atoms with Crippen molar-refractivity contribution in [3.63, 3.8) is 0 Å². The maximum absolute atomic E-state index is 5.62. The number of aromatic nitrogens is 2. The fraction of sp³-hybridized carbons (Fsp3) is 0.600. The van der Waals surface area contributed by atoms with Crippen LogP contribution >= 0.6 is 0 Å². The van der Waals surface area contributed by atoms with E-state index in [0.29, 0.717) is 5.88 Å². The number of rotatable bonds is 3. The van der Waals surface area contributed by atoms with Crippen LogP contribution in [0.4, 0.5) is 0 Å². The van der Waals surface area contributed by atoms with Gasteiger partial charge in [0.1, 0.15) is 12.2 Å². The van der Waals surface area contributed by atoms with Gasteiger partial charge in [-0.3, -0.25) is 0 Å². The summed E-state index contributed by atoms with van der Waals surface area (Å²) in [5, 5.41) is 10.9. The molecule has 2 rings (SSSR count). The van der Waals surface area contributed by atoms with Crippen LogP contribution in [0.15, 0.2) is 18.3 Å². The van der Waals surface area contributed by atoms with Gasteiger partial charge < -0.3 is 14.8 Å². The molecule has 1 N–H and O–H groups in total. The summed E-state index contributed by atoms with van der Waals surface area (Å²) in [6.07, 6.45) is 1.69. The first-order valence-corrected chi connectivity index (χ1v) is 5.13. The molecular formula is C10H15N3O2. The fourth-order valence-electron chi connectivity index (χ4n) is 1.50. The molecule has 0 aliphatic carbocycles. The van der Waals surface area contributed by atoms with Crippen LogP contribution in [0, 0.1) is 0 Å². The van der Waals surface area contributed by atoms with Crippen molar-refractivity contribution >= 4 is 0 Å². The van der Waals surface area contributed by atoms with Gasteiger partial charge in [-0.2, -0.15) is 5.10 Å². The molecule has 1 aromatic heterocycles. The Morgan fingerprint density at radius 2 is 2.60 bits per heavy atom. The molecule has 0 bridgehead atoms. The Bertz CT molecular complexity index is 288. The first-order chi connectivity index (χ1) is 7.36. The zero-order valence-corrected chi connectivity index (χ0v) is 8.72. The predicted molar refractivity (Wildman–Crippen MR) is 54.7 cm³/mol. The molecule has 2 heterocycles. The average molecular weight is 209 g/mol. The van der Waals surface area contributed by atoms with Crippen LogP contribution < -0.4 is 10.1 Å². The highest BCUT2D eigenvalue weighted by atomic mass is 16.5. The van der Waals surface area contributed by atoms with E-state index in [9.17, 15) is 0 Å². The van der Waals surface area contributed by atoms with Gasteiger partial charge in [0, 0.05) is 25.4 Å². The second kappa shape index (κ2) is 5.04. The molecule has 1 aliphatic heterocycles. The Morgan fingerprint density at radius 1 is 1.67 bits per heavy atom. The summed E-state index contributed by atoms with van der Waals surface area (Å²) in [6, 6.07) is 3.59. The van der Waals surface area contributed by atoms with Gasteiger partial charge in [-0.25, -0.2) is 0 Å². The lowest BCUT2D eigenvalue weighted by atomic mass is 10.2. The van der Waals surface area contributed by atoms with E-state index >= 15 is 0 Å². The van der Waals surface area contributed by atoms with E-state index in [0.717, 1.165) is 19.7 Å². The normalized spacial score (nSPS) is 23.4. The van der Waals surface area contributed by atoms with E-state index in [1.165, 1.54) is 0 Å². The van der Waals surface area contributed by atoms with Crippen LogP contribution in [0.5, 0.6) is 5.88 Å². The molecule has 1 saturated heterocycles. The Hall–Kier alpha value is -1.20. The smallest absolute Gasteiger partial charge is 0.233 e. The summed E-state index contributed by atoms with van der Waals surface area (Å²) in [4.78, 5) is 0. The maximum atomic E-state index is 5.62. The lowest BCUT2D eigenvalue weighted by Crippen LogP contribution is -2.46. The van der Waals surface area contributed by atoms with E-state index in [2.05, 4.69) is 15.5 Å². The lowest BCUT2D eigenvalue weighted by molar-refractivity contribution is -0.0365. The largest absolute Gasteiger partial charge is 0.471 e. The van der Waals surface area contributed by atoms with Gasteiger partial charge in [0.05, 0.1) is 6.61 Å². The van der Waals surface area contributed by atoms with Gasteiger partial charge >= 0.3 is 0 Å². The Balaban J connectivity index is 1.88. The second-order valence-corrected chi connectivity index (χ2v) is 3.50. The third kappa shape index (κ3) is 2.87. The molecule has 5 nitrogen and oxygen atoms in total. The highest BCUT2D eigenvalue weighted by Gasteiger charge is 2.22. The summed E-state index contributed by atoms with van der Waals surface area (Å²) < 4.78 is 11.2. The zero-order valence-electron chi connectivity index (χ0n) is 8.72. The predicted octanol–water partition coefficient (Wildman–Crippen LogP) is 0.232. The zero-order chi connectivity index (χ0) is 10.5. The number of ether oxygens (including phenoxy) is 2. The number of nitrogens with one attached hydrogen (secondary N) is 1. The average Bonchev–Trinajstić information content (AvgIpc) is 2.31. The molecule has 0 saturated carbocycles. The molecule has 1 aliphatic rings. The highest BCUT2D eigenvalue weighted by Crippen LogP contribution is 2.10. The van der Waals surface area contributed by atoms with Crippen molar-refractivity contribution < 1.29 is 9.47 Å². The summed E-state index contributed by atoms with van der Waals surface area (Å²) in [5.41, 5.74) is 0. The molecule has 0 aromatic carbocycles. The molecule has 1 fully saturated rings. The minimum Gasteiger partial charge on any atom is -0.471 e. The summed E-state index contributed by atoms with van der Waals surface area (Å²) in [5.74, 6) is 0.541. The molecule has 1 aromatic rings. The van der Waals surface area contributed by atoms with Crippen molar-refractivity contribution in [1.82, 2.24) is 15.5 Å². The Morgan fingerprint density at radius 3 is 3.27 bits per heavy atom. The van der Waals surface area contributed by atoms with Crippen LogP contribution in [0.25, 0.3) is 0 Å². The van der Waals surface area contributed by atoms with Gasteiger partial charge in [0.15, 0.2) is 0 Å². The molecular weight excluding hydrogens is 194 g/mol. The standard InChI is InChI=1S/C10H15N3O2/c1-8(9-7-11-5-6-14-9)15-10-3-2-4-12-13-10/h2-4,8-9,11H,5-7H2,1H3. The van der Waals surface area contributed by atoms with Gasteiger partial charge in [0.25, 0.3) is 0 Å². The van der Waals surface area contributed by atoms with Crippen molar-refractivity contribution in [2.24, 2.45) is 0 Å². The first-order valence-electron chi connectivity index (χ1n) is 5.13. The molecule has 82 valence electrons. The van der Waals surface area contributed by atoms with Crippen molar-refractivity contribution in [1.29, 1.82) is 0 Å². The molecule has 0 amide bonds. The van der Waals surface area contributed by atoms with Crippen molar-refractivity contribution in [3.05, 3.63) is 18.3 Å². The summed E-state index contributed by atoms with van der Waals surface area (Å²) in [7, 11) is 0. The van der Waals surface area contributed by atoms with Crippen LogP contribution in [0.1, 0.15) is 6.92 Å². The van der Waals surface area contributed by atoms with E-state index in [-0.39, 0.29) is 12.2 Å². The van der Waals surface area contributed by atoms with Gasteiger partial charge in [-0.15, -0.1) is 5.10 Å². The van der Waals surface area contributed by atoms with Crippen LogP contribution in [-0.2, 0) is 4.74 Å². The lowest BCUT2D eigenvalue weighted by Gasteiger charge is -2.28. The molecule has 5 heteroatoms. The van der Waals surface area contributed by atoms with Gasteiger partial charge in [-0.05, 0) is 13.0 Å². The quantitative estimate of drug-likeness (QED) is 0.772. The van der Waals surface area contributed by atoms with Crippen LogP contribution in [-0.4, -0.2) is 42.1 Å². The van der Waals surface area contributed by atoms with E-state index in [1.807, 2.05) is 6.92 Å². The molecule has 2 atom stereocenters. The molecule has 15 heavy (non-hydrogen) atoms. The third-order valence-electron chi connectivity index (χ3n) is 2.33. The maximum Gasteiger partial charge on any atom is 0.233 e. The highest BCUT2D eigenvalue weighted by molar-refractivity contribution is 5.06. The number of nitrogens with zero attached hydrogens (tertiary/aromatic N) is 2. The Kier molecular flexibility index (Phi) is 3.47.